The molecule has 0 aromatic heterocycles. The van der Waals surface area contributed by atoms with E-state index in [2.05, 4.69) is 10.6 Å². The lowest BCUT2D eigenvalue weighted by Gasteiger charge is -2.14. The molecule has 1 aromatic carbocycles. The second-order valence-electron chi connectivity index (χ2n) is 4.67. The molecule has 0 aliphatic rings. The normalized spacial score (nSPS) is 12.0. The Hall–Kier alpha value is -2.34. The summed E-state index contributed by atoms with van der Waals surface area (Å²) in [5.41, 5.74) is 0.416. The summed E-state index contributed by atoms with van der Waals surface area (Å²) >= 11 is 0. The summed E-state index contributed by atoms with van der Waals surface area (Å²) in [6.45, 7) is 1.56. The summed E-state index contributed by atoms with van der Waals surface area (Å²) in [5.74, 6) is -0.133. The first-order valence-corrected chi connectivity index (χ1v) is 7.04. The number of aliphatic hydroxyl groups excluding tert-OH is 1. The zero-order valence-electron chi connectivity index (χ0n) is 12.8. The molecule has 120 valence electrons. The third-order valence-corrected chi connectivity index (χ3v) is 2.98. The predicted octanol–water partition coefficient (Wildman–Crippen LogP) is 0.868. The van der Waals surface area contributed by atoms with E-state index in [1.54, 1.807) is 24.3 Å². The molecule has 0 fully saturated rings. The van der Waals surface area contributed by atoms with Gasteiger partial charge in [-0.2, -0.15) is 0 Å². The van der Waals surface area contributed by atoms with Gasteiger partial charge in [-0.1, -0.05) is 18.2 Å². The zero-order valence-corrected chi connectivity index (χ0v) is 12.8. The molecule has 22 heavy (non-hydrogen) atoms. The fraction of sp³-hybridized carbons (Fsp3) is 0.375. The van der Waals surface area contributed by atoms with Crippen LogP contribution in [-0.4, -0.2) is 43.2 Å². The van der Waals surface area contributed by atoms with E-state index in [0.29, 0.717) is 17.7 Å². The molecule has 0 saturated heterocycles. The van der Waals surface area contributed by atoms with Crippen molar-refractivity contribution in [2.24, 2.45) is 0 Å². The number of rotatable bonds is 8. The first kappa shape index (κ1) is 17.7. The number of amides is 2. The lowest BCUT2D eigenvalue weighted by molar-refractivity contribution is -0.121. The summed E-state index contributed by atoms with van der Waals surface area (Å²) in [6, 6.07) is 6.31. The molecule has 0 bridgehead atoms. The minimum atomic E-state index is -0.358. The number of hydrogen-bond donors (Lipinski definition) is 3. The number of methoxy groups -OCH3 is 1. The monoisotopic (exact) mass is 306 g/mol. The average Bonchev–Trinajstić information content (AvgIpc) is 2.56. The lowest BCUT2D eigenvalue weighted by Crippen LogP contribution is -2.43. The predicted molar refractivity (Wildman–Crippen MR) is 83.8 cm³/mol. The Kier molecular flexibility index (Phi) is 7.70. The first-order chi connectivity index (χ1) is 10.6. The number of carbonyl (C=O) groups is 2. The molecule has 2 amide bonds. The van der Waals surface area contributed by atoms with Gasteiger partial charge in [0.05, 0.1) is 26.3 Å². The molecule has 0 spiro atoms. The maximum atomic E-state index is 11.9. The molecule has 1 rings (SSSR count). The van der Waals surface area contributed by atoms with E-state index in [1.807, 2.05) is 19.1 Å². The maximum absolute atomic E-state index is 11.9. The molecule has 3 N–H and O–H groups in total. The highest BCUT2D eigenvalue weighted by Gasteiger charge is 2.12. The second-order valence-corrected chi connectivity index (χ2v) is 4.67. The van der Waals surface area contributed by atoms with Gasteiger partial charge in [0.15, 0.2) is 0 Å². The van der Waals surface area contributed by atoms with E-state index in [4.69, 9.17) is 9.84 Å². The van der Waals surface area contributed by atoms with Crippen molar-refractivity contribution in [1.29, 1.82) is 0 Å². The Morgan fingerprint density at radius 2 is 2.18 bits per heavy atom. The molecule has 6 heteroatoms. The number of benzene rings is 1. The Morgan fingerprint density at radius 1 is 1.41 bits per heavy atom. The van der Waals surface area contributed by atoms with Crippen molar-refractivity contribution in [2.75, 3.05) is 20.3 Å². The fourth-order valence-corrected chi connectivity index (χ4v) is 1.79. The van der Waals surface area contributed by atoms with E-state index >= 15 is 0 Å². The van der Waals surface area contributed by atoms with Crippen LogP contribution in [-0.2, 0) is 4.79 Å². The third-order valence-electron chi connectivity index (χ3n) is 2.98. The topological polar surface area (TPSA) is 87.7 Å². The highest BCUT2D eigenvalue weighted by molar-refractivity contribution is 5.96. The SMILES string of the molecule is CC=CCC(CO)NC(=O)CNC(=O)c1cccc(OC)c1. The van der Waals surface area contributed by atoms with Gasteiger partial charge < -0.3 is 20.5 Å². The fourth-order valence-electron chi connectivity index (χ4n) is 1.79. The highest BCUT2D eigenvalue weighted by Crippen LogP contribution is 2.12. The summed E-state index contributed by atoms with van der Waals surface area (Å²) < 4.78 is 5.04. The third kappa shape index (κ3) is 5.97. The maximum Gasteiger partial charge on any atom is 0.251 e. The van der Waals surface area contributed by atoms with E-state index in [-0.39, 0.29) is 31.0 Å². The quantitative estimate of drug-likeness (QED) is 0.622. The van der Waals surface area contributed by atoms with Gasteiger partial charge in [-0.05, 0) is 31.5 Å². The summed E-state index contributed by atoms with van der Waals surface area (Å²) in [6.07, 6.45) is 4.25. The average molecular weight is 306 g/mol. The molecule has 0 aliphatic heterocycles. The van der Waals surface area contributed by atoms with Crippen molar-refractivity contribution in [1.82, 2.24) is 10.6 Å². The van der Waals surface area contributed by atoms with E-state index in [0.717, 1.165) is 0 Å². The molecule has 0 aliphatic carbocycles. The van der Waals surface area contributed by atoms with Gasteiger partial charge in [-0.3, -0.25) is 9.59 Å². The number of nitrogens with one attached hydrogen (secondary N) is 2. The Bertz CT molecular complexity index is 529. The largest absolute Gasteiger partial charge is 0.497 e. The number of ether oxygens (including phenoxy) is 1. The van der Waals surface area contributed by atoms with Crippen LogP contribution in [0, 0.1) is 0 Å². The molecule has 1 atom stereocenters. The Morgan fingerprint density at radius 3 is 2.82 bits per heavy atom. The highest BCUT2D eigenvalue weighted by atomic mass is 16.5. The number of hydrogen-bond acceptors (Lipinski definition) is 4. The van der Waals surface area contributed by atoms with Gasteiger partial charge >= 0.3 is 0 Å². The minimum absolute atomic E-state index is 0.150. The smallest absolute Gasteiger partial charge is 0.251 e. The van der Waals surface area contributed by atoms with Crippen LogP contribution in [0.3, 0.4) is 0 Å². The Balaban J connectivity index is 2.47. The van der Waals surface area contributed by atoms with Crippen molar-refractivity contribution in [2.45, 2.75) is 19.4 Å². The van der Waals surface area contributed by atoms with Crippen LogP contribution in [0.15, 0.2) is 36.4 Å². The van der Waals surface area contributed by atoms with Gasteiger partial charge in [-0.15, -0.1) is 0 Å². The summed E-state index contributed by atoms with van der Waals surface area (Å²) in [7, 11) is 1.52. The Labute approximate surface area is 130 Å². The zero-order chi connectivity index (χ0) is 16.4. The summed E-state index contributed by atoms with van der Waals surface area (Å²) in [5, 5.41) is 14.3. The van der Waals surface area contributed by atoms with Crippen LogP contribution in [0.1, 0.15) is 23.7 Å². The molecule has 6 nitrogen and oxygen atoms in total. The van der Waals surface area contributed by atoms with Gasteiger partial charge in [0.1, 0.15) is 5.75 Å². The van der Waals surface area contributed by atoms with Crippen LogP contribution < -0.4 is 15.4 Å². The van der Waals surface area contributed by atoms with Crippen LogP contribution in [0.2, 0.25) is 0 Å². The molecular formula is C16H22N2O4. The van der Waals surface area contributed by atoms with E-state index in [9.17, 15) is 9.59 Å². The second kappa shape index (κ2) is 9.57. The van der Waals surface area contributed by atoms with Crippen LogP contribution in [0.25, 0.3) is 0 Å². The van der Waals surface area contributed by atoms with Crippen LogP contribution in [0.4, 0.5) is 0 Å². The van der Waals surface area contributed by atoms with Gasteiger partial charge in [-0.25, -0.2) is 0 Å². The molecule has 0 saturated carbocycles. The molecule has 0 radical (unpaired) electrons. The van der Waals surface area contributed by atoms with E-state index in [1.165, 1.54) is 7.11 Å². The van der Waals surface area contributed by atoms with Crippen LogP contribution >= 0.6 is 0 Å². The minimum Gasteiger partial charge on any atom is -0.497 e. The summed E-state index contributed by atoms with van der Waals surface area (Å²) in [4.78, 5) is 23.7. The lowest BCUT2D eigenvalue weighted by atomic mass is 10.2. The molecular weight excluding hydrogens is 284 g/mol. The molecule has 1 aromatic rings. The van der Waals surface area contributed by atoms with Crippen molar-refractivity contribution in [3.8, 4) is 5.75 Å². The number of carbonyl (C=O) groups excluding carboxylic acids is 2. The van der Waals surface area contributed by atoms with Crippen LogP contribution in [0.5, 0.6) is 5.75 Å². The van der Waals surface area contributed by atoms with Crippen molar-refractivity contribution in [3.05, 3.63) is 42.0 Å². The van der Waals surface area contributed by atoms with E-state index < -0.39 is 0 Å². The first-order valence-electron chi connectivity index (χ1n) is 7.04. The molecule has 0 heterocycles. The van der Waals surface area contributed by atoms with Gasteiger partial charge in [0.25, 0.3) is 5.91 Å². The number of allylic oxidation sites excluding steroid dienone is 1. The van der Waals surface area contributed by atoms with Gasteiger partial charge in [0, 0.05) is 5.56 Å². The standard InChI is InChI=1S/C16H22N2O4/c1-3-4-7-13(11-19)18-15(20)10-17-16(21)12-6-5-8-14(9-12)22-2/h3-6,8-9,13,19H,7,10-11H2,1-2H3,(H,17,21)(H,18,20). The van der Waals surface area contributed by atoms with Gasteiger partial charge in [0.2, 0.25) is 5.91 Å². The number of aliphatic hydroxyl groups is 1. The van der Waals surface area contributed by atoms with Crippen molar-refractivity contribution >= 4 is 11.8 Å². The molecule has 1 unspecified atom stereocenters. The van der Waals surface area contributed by atoms with Crippen molar-refractivity contribution < 1.29 is 19.4 Å². The van der Waals surface area contributed by atoms with Crippen molar-refractivity contribution in [3.63, 3.8) is 0 Å².